The molecule has 1 amide bonds. The van der Waals surface area contributed by atoms with E-state index in [1.165, 1.54) is 0 Å². The van der Waals surface area contributed by atoms with Gasteiger partial charge in [-0.1, -0.05) is 34.5 Å². The van der Waals surface area contributed by atoms with Crippen LogP contribution in [-0.2, 0) is 0 Å². The van der Waals surface area contributed by atoms with Crippen LogP contribution in [0.1, 0.15) is 38.0 Å². The van der Waals surface area contributed by atoms with Gasteiger partial charge < -0.3 is 25.6 Å². The summed E-state index contributed by atoms with van der Waals surface area (Å²) in [5, 5.41) is 15.9. The number of amides is 1. The predicted octanol–water partition coefficient (Wildman–Crippen LogP) is 2.99. The number of alkyl halides is 1. The molecule has 0 saturated carbocycles. The summed E-state index contributed by atoms with van der Waals surface area (Å²) in [5.41, 5.74) is 1.36. The maximum Gasteiger partial charge on any atom is 0.348 e. The lowest BCUT2D eigenvalue weighted by Crippen LogP contribution is -2.52. The Kier molecular flexibility index (Phi) is 6.40. The number of hydrogen-bond acceptors (Lipinski definition) is 7. The summed E-state index contributed by atoms with van der Waals surface area (Å²) < 4.78 is 15.0. The van der Waals surface area contributed by atoms with Gasteiger partial charge >= 0.3 is 5.97 Å². The number of nitrogens with one attached hydrogen (secondary N) is 3. The molecule has 2 aromatic rings. The highest BCUT2D eigenvalue weighted by Crippen LogP contribution is 2.31. The average molecular weight is 501 g/mol. The third kappa shape index (κ3) is 4.32. The first-order valence-corrected chi connectivity index (χ1v) is 11.3. The van der Waals surface area contributed by atoms with Gasteiger partial charge in [-0.2, -0.15) is 0 Å². The van der Waals surface area contributed by atoms with E-state index in [-0.39, 0.29) is 32.9 Å². The molecule has 0 aliphatic carbocycles. The molecule has 13 heteroatoms. The Balaban J connectivity index is 1.47. The summed E-state index contributed by atoms with van der Waals surface area (Å²) in [5.74, 6) is -1.65. The highest BCUT2D eigenvalue weighted by molar-refractivity contribution is 7.17. The van der Waals surface area contributed by atoms with E-state index in [9.17, 15) is 19.1 Å². The van der Waals surface area contributed by atoms with Crippen molar-refractivity contribution in [1.82, 2.24) is 20.6 Å². The van der Waals surface area contributed by atoms with Crippen LogP contribution in [0.15, 0.2) is 17.3 Å². The van der Waals surface area contributed by atoms with Gasteiger partial charge in [0.25, 0.3) is 5.91 Å². The van der Waals surface area contributed by atoms with E-state index in [1.54, 1.807) is 24.1 Å². The van der Waals surface area contributed by atoms with E-state index >= 15 is 0 Å². The minimum absolute atomic E-state index is 0.0426. The molecular formula is C19H19Cl2FN6O3S. The fourth-order valence-electron chi connectivity index (χ4n) is 3.50. The first kappa shape index (κ1) is 22.6. The molecule has 9 nitrogen and oxygen atoms in total. The number of allylic oxidation sites excluding steroid dienone is 1. The number of carbonyl (C=O) groups is 2. The van der Waals surface area contributed by atoms with Crippen molar-refractivity contribution in [2.24, 2.45) is 4.99 Å². The van der Waals surface area contributed by atoms with Crippen molar-refractivity contribution in [2.75, 3.05) is 24.7 Å². The number of carboxylic acids is 1. The summed E-state index contributed by atoms with van der Waals surface area (Å²) in [6.07, 6.45) is 2.23. The SMILES string of the molecule is Cc1[nH]c(C(=O)N[C@@H]2CCN(c3nc(C4=NCNC=C4)c(C(=O)O)s3)C[C@@H]2F)c(Cl)c1Cl. The van der Waals surface area contributed by atoms with Crippen LogP contribution in [0.5, 0.6) is 0 Å². The Morgan fingerprint density at radius 3 is 2.75 bits per heavy atom. The highest BCUT2D eigenvalue weighted by Gasteiger charge is 2.34. The van der Waals surface area contributed by atoms with Crippen LogP contribution < -0.4 is 15.5 Å². The Hall–Kier alpha value is -2.63. The molecule has 0 aromatic carbocycles. The number of anilines is 1. The van der Waals surface area contributed by atoms with E-state index in [4.69, 9.17) is 23.2 Å². The van der Waals surface area contributed by atoms with E-state index < -0.39 is 24.1 Å². The quantitative estimate of drug-likeness (QED) is 0.500. The van der Waals surface area contributed by atoms with Crippen molar-refractivity contribution in [3.05, 3.63) is 44.3 Å². The van der Waals surface area contributed by atoms with E-state index in [0.29, 0.717) is 36.2 Å². The molecule has 170 valence electrons. The number of aliphatic imine (C=N–C) groups is 1. The van der Waals surface area contributed by atoms with Gasteiger partial charge in [-0.3, -0.25) is 9.79 Å². The van der Waals surface area contributed by atoms with E-state index in [0.717, 1.165) is 11.3 Å². The van der Waals surface area contributed by atoms with Crippen LogP contribution >= 0.6 is 34.5 Å². The highest BCUT2D eigenvalue weighted by atomic mass is 35.5. The Morgan fingerprint density at radius 1 is 1.38 bits per heavy atom. The van der Waals surface area contributed by atoms with Crippen LogP contribution in [0, 0.1) is 6.92 Å². The largest absolute Gasteiger partial charge is 0.477 e. The molecule has 1 fully saturated rings. The van der Waals surface area contributed by atoms with Crippen molar-refractivity contribution in [3.8, 4) is 0 Å². The number of hydrogen-bond donors (Lipinski definition) is 4. The van der Waals surface area contributed by atoms with Crippen molar-refractivity contribution in [3.63, 3.8) is 0 Å². The molecule has 0 spiro atoms. The minimum atomic E-state index is -1.39. The molecule has 32 heavy (non-hydrogen) atoms. The second-order valence-corrected chi connectivity index (χ2v) is 9.04. The normalized spacial score (nSPS) is 20.6. The molecule has 2 aliphatic heterocycles. The van der Waals surface area contributed by atoms with Gasteiger partial charge in [0.15, 0.2) is 5.13 Å². The molecule has 4 heterocycles. The standard InChI is InChI=1S/C19H19Cl2FN6O3S/c1-8-12(20)13(21)15(25-8)17(29)26-10-3-5-28(6-9(10)22)19-27-14(16(32-19)18(30)31)11-2-4-23-7-24-11/h2,4,9-10,23,25H,3,5-7H2,1H3,(H,26,29)(H,30,31)/t9-,10+/m0/s1. The van der Waals surface area contributed by atoms with Crippen molar-refractivity contribution in [1.29, 1.82) is 0 Å². The Bertz CT molecular complexity index is 1130. The maximum absolute atomic E-state index is 15.0. The summed E-state index contributed by atoms with van der Waals surface area (Å²) in [4.78, 5) is 37.4. The maximum atomic E-state index is 15.0. The zero-order valence-corrected chi connectivity index (χ0v) is 19.1. The number of aromatic amines is 1. The van der Waals surface area contributed by atoms with Gasteiger partial charge in [-0.15, -0.1) is 0 Å². The summed E-state index contributed by atoms with van der Waals surface area (Å²) >= 11 is 13.1. The fraction of sp³-hybridized carbons (Fsp3) is 0.368. The summed E-state index contributed by atoms with van der Waals surface area (Å²) in [7, 11) is 0. The number of thiazole rings is 1. The van der Waals surface area contributed by atoms with Crippen LogP contribution in [0.3, 0.4) is 0 Å². The molecule has 0 radical (unpaired) electrons. The topological polar surface area (TPSA) is 123 Å². The third-order valence-corrected chi connectivity index (χ3v) is 7.21. The number of piperidine rings is 1. The van der Waals surface area contributed by atoms with Gasteiger partial charge in [-0.25, -0.2) is 14.2 Å². The number of aryl methyl sites for hydroxylation is 1. The van der Waals surface area contributed by atoms with Crippen molar-refractivity contribution in [2.45, 2.75) is 25.6 Å². The molecule has 4 N–H and O–H groups in total. The third-order valence-electron chi connectivity index (χ3n) is 5.16. The lowest BCUT2D eigenvalue weighted by atomic mass is 10.0. The van der Waals surface area contributed by atoms with E-state index in [1.807, 2.05) is 0 Å². The number of H-pyrrole nitrogens is 1. The van der Waals surface area contributed by atoms with Gasteiger partial charge in [0.2, 0.25) is 0 Å². The molecule has 0 unspecified atom stereocenters. The first-order chi connectivity index (χ1) is 15.3. The zero-order chi connectivity index (χ0) is 23.0. The zero-order valence-electron chi connectivity index (χ0n) is 16.8. The summed E-state index contributed by atoms with van der Waals surface area (Å²) in [6, 6.07) is -0.729. The van der Waals surface area contributed by atoms with E-state index in [2.05, 4.69) is 25.6 Å². The number of carboxylic acid groups (broad SMARTS) is 1. The second kappa shape index (κ2) is 9.08. The molecule has 4 rings (SSSR count). The molecular weight excluding hydrogens is 482 g/mol. The number of carbonyl (C=O) groups excluding carboxylic acids is 1. The molecule has 0 bridgehead atoms. The fourth-order valence-corrected chi connectivity index (χ4v) is 4.87. The van der Waals surface area contributed by atoms with Gasteiger partial charge in [-0.05, 0) is 19.4 Å². The van der Waals surface area contributed by atoms with Crippen LogP contribution in [0.25, 0.3) is 0 Å². The Morgan fingerprint density at radius 2 is 2.16 bits per heavy atom. The second-order valence-electron chi connectivity index (χ2n) is 7.30. The lowest BCUT2D eigenvalue weighted by Gasteiger charge is -2.34. The molecule has 2 aromatic heterocycles. The number of aromatic carboxylic acids is 1. The average Bonchev–Trinajstić information content (AvgIpc) is 3.33. The van der Waals surface area contributed by atoms with Gasteiger partial charge in [0.05, 0.1) is 28.3 Å². The molecule has 2 atom stereocenters. The minimum Gasteiger partial charge on any atom is -0.477 e. The number of halogens is 3. The molecule has 2 aliphatic rings. The van der Waals surface area contributed by atoms with Gasteiger partial charge in [0.1, 0.15) is 29.1 Å². The lowest BCUT2D eigenvalue weighted by molar-refractivity contribution is 0.0701. The van der Waals surface area contributed by atoms with Crippen molar-refractivity contribution >= 4 is 57.3 Å². The molecule has 1 saturated heterocycles. The predicted molar refractivity (Wildman–Crippen MR) is 121 cm³/mol. The van der Waals surface area contributed by atoms with Crippen molar-refractivity contribution < 1.29 is 19.1 Å². The van der Waals surface area contributed by atoms with Crippen LogP contribution in [0.2, 0.25) is 10.0 Å². The van der Waals surface area contributed by atoms with Crippen LogP contribution in [-0.4, -0.2) is 64.6 Å². The van der Waals surface area contributed by atoms with Crippen LogP contribution in [0.4, 0.5) is 9.52 Å². The first-order valence-electron chi connectivity index (χ1n) is 9.68. The number of aromatic nitrogens is 2. The summed E-state index contributed by atoms with van der Waals surface area (Å²) in [6.45, 7) is 2.35. The Labute approximate surface area is 196 Å². The van der Waals surface area contributed by atoms with Gasteiger partial charge in [0, 0.05) is 18.4 Å². The number of nitrogens with zero attached hydrogens (tertiary/aromatic N) is 3. The smallest absolute Gasteiger partial charge is 0.348 e. The number of rotatable bonds is 5. The monoisotopic (exact) mass is 500 g/mol.